The molecular weight excluding hydrogens is 412 g/mol. The number of benzene rings is 2. The van der Waals surface area contributed by atoms with Crippen LogP contribution in [0.25, 0.3) is 11.3 Å². The van der Waals surface area contributed by atoms with E-state index in [2.05, 4.69) is 36.7 Å². The molecule has 27 heavy (non-hydrogen) atoms. The predicted molar refractivity (Wildman–Crippen MR) is 106 cm³/mol. The Labute approximate surface area is 164 Å². The van der Waals surface area contributed by atoms with Crippen LogP contribution in [0.5, 0.6) is 11.5 Å². The fourth-order valence-electron chi connectivity index (χ4n) is 2.40. The Balaban J connectivity index is 1.74. The molecule has 2 N–H and O–H groups in total. The number of carbonyl (C=O) groups excluding carboxylic acids is 1. The molecule has 2 aromatic carbocycles. The molecule has 3 rings (SSSR count). The molecule has 138 valence electrons. The summed E-state index contributed by atoms with van der Waals surface area (Å²) in [5.41, 5.74) is 4.88. The molecule has 0 fully saturated rings. The van der Waals surface area contributed by atoms with Crippen LogP contribution in [0.1, 0.15) is 16.1 Å². The van der Waals surface area contributed by atoms with Gasteiger partial charge in [-0.3, -0.25) is 9.89 Å². The monoisotopic (exact) mass is 428 g/mol. The number of carbonyl (C=O) groups is 1. The lowest BCUT2D eigenvalue weighted by molar-refractivity contribution is 0.0950. The second-order valence-electron chi connectivity index (χ2n) is 5.49. The average Bonchev–Trinajstić information content (AvgIpc) is 3.17. The van der Waals surface area contributed by atoms with Crippen molar-refractivity contribution in [3.8, 4) is 22.8 Å². The summed E-state index contributed by atoms with van der Waals surface area (Å²) in [7, 11) is 3.15. The molecule has 0 atom stereocenters. The van der Waals surface area contributed by atoms with Crippen LogP contribution in [0.15, 0.2) is 58.1 Å². The number of nitrogens with zero attached hydrogens (tertiary/aromatic N) is 2. The Morgan fingerprint density at radius 1 is 1.19 bits per heavy atom. The van der Waals surface area contributed by atoms with Gasteiger partial charge in [-0.2, -0.15) is 10.2 Å². The van der Waals surface area contributed by atoms with E-state index in [0.717, 1.165) is 10.0 Å². The van der Waals surface area contributed by atoms with E-state index in [4.69, 9.17) is 9.47 Å². The highest BCUT2D eigenvalue weighted by Crippen LogP contribution is 2.32. The molecule has 0 bridgehead atoms. The lowest BCUT2D eigenvalue weighted by Gasteiger charge is -2.08. The molecule has 0 aliphatic rings. The van der Waals surface area contributed by atoms with Crippen LogP contribution in [0, 0.1) is 0 Å². The van der Waals surface area contributed by atoms with Crippen LogP contribution in [0.2, 0.25) is 0 Å². The maximum atomic E-state index is 12.3. The maximum absolute atomic E-state index is 12.3. The lowest BCUT2D eigenvalue weighted by atomic mass is 10.1. The number of halogens is 1. The molecule has 0 saturated carbocycles. The fraction of sp³-hybridized carbons (Fsp3) is 0.105. The zero-order valence-electron chi connectivity index (χ0n) is 14.7. The first-order valence-corrected chi connectivity index (χ1v) is 8.77. The Morgan fingerprint density at radius 2 is 2.04 bits per heavy atom. The minimum atomic E-state index is -0.401. The standard InChI is InChI=1S/C19H17BrN4O3/c1-26-14-6-7-18(27-2)15(9-14)16-10-17(23-22-16)19(25)24-21-11-12-4-3-5-13(20)8-12/h3-11H,1-2H3,(H,22,23)(H,24,25). The minimum absolute atomic E-state index is 0.279. The van der Waals surface area contributed by atoms with E-state index in [1.165, 1.54) is 0 Å². The number of amides is 1. The molecule has 7 nitrogen and oxygen atoms in total. The van der Waals surface area contributed by atoms with Gasteiger partial charge in [-0.15, -0.1) is 0 Å². The van der Waals surface area contributed by atoms with E-state index in [0.29, 0.717) is 22.8 Å². The third-order valence-electron chi connectivity index (χ3n) is 3.73. The van der Waals surface area contributed by atoms with E-state index in [-0.39, 0.29) is 5.69 Å². The predicted octanol–water partition coefficient (Wildman–Crippen LogP) is 3.62. The van der Waals surface area contributed by atoms with Crippen molar-refractivity contribution in [3.63, 3.8) is 0 Å². The molecule has 3 aromatic rings. The molecule has 1 amide bonds. The van der Waals surface area contributed by atoms with Gasteiger partial charge < -0.3 is 9.47 Å². The molecule has 1 aromatic heterocycles. The Hall–Kier alpha value is -3.13. The molecular formula is C19H17BrN4O3. The molecule has 0 aliphatic carbocycles. The summed E-state index contributed by atoms with van der Waals surface area (Å²) in [5, 5.41) is 10.9. The number of hydrogen-bond donors (Lipinski definition) is 2. The van der Waals surface area contributed by atoms with Crippen molar-refractivity contribution in [2.24, 2.45) is 5.10 Å². The van der Waals surface area contributed by atoms with Crippen LogP contribution in [0.3, 0.4) is 0 Å². The molecule has 1 heterocycles. The summed E-state index contributed by atoms with van der Waals surface area (Å²) < 4.78 is 11.5. The summed E-state index contributed by atoms with van der Waals surface area (Å²) in [6, 6.07) is 14.6. The van der Waals surface area contributed by atoms with Gasteiger partial charge in [0.25, 0.3) is 5.91 Å². The van der Waals surface area contributed by atoms with Crippen molar-refractivity contribution in [2.45, 2.75) is 0 Å². The largest absolute Gasteiger partial charge is 0.497 e. The van der Waals surface area contributed by atoms with Gasteiger partial charge in [0.15, 0.2) is 0 Å². The Bertz CT molecular complexity index is 985. The van der Waals surface area contributed by atoms with Crippen molar-refractivity contribution in [1.82, 2.24) is 15.6 Å². The smallest absolute Gasteiger partial charge is 0.289 e. The first-order valence-electron chi connectivity index (χ1n) is 7.97. The van der Waals surface area contributed by atoms with E-state index < -0.39 is 5.91 Å². The summed E-state index contributed by atoms with van der Waals surface area (Å²) in [4.78, 5) is 12.3. The van der Waals surface area contributed by atoms with Crippen molar-refractivity contribution in [3.05, 3.63) is 64.3 Å². The topological polar surface area (TPSA) is 88.6 Å². The summed E-state index contributed by atoms with van der Waals surface area (Å²) in [5.74, 6) is 0.891. The van der Waals surface area contributed by atoms with Gasteiger partial charge in [0.2, 0.25) is 0 Å². The van der Waals surface area contributed by atoms with Crippen molar-refractivity contribution >= 4 is 28.1 Å². The summed E-state index contributed by atoms with van der Waals surface area (Å²) in [6.07, 6.45) is 1.56. The van der Waals surface area contributed by atoms with Gasteiger partial charge in [-0.05, 0) is 42.0 Å². The highest BCUT2D eigenvalue weighted by Gasteiger charge is 2.14. The van der Waals surface area contributed by atoms with Crippen molar-refractivity contribution in [1.29, 1.82) is 0 Å². The molecule has 0 radical (unpaired) electrons. The van der Waals surface area contributed by atoms with Crippen molar-refractivity contribution in [2.75, 3.05) is 14.2 Å². The van der Waals surface area contributed by atoms with Crippen LogP contribution < -0.4 is 14.9 Å². The van der Waals surface area contributed by atoms with Gasteiger partial charge in [-0.1, -0.05) is 28.1 Å². The minimum Gasteiger partial charge on any atom is -0.497 e. The van der Waals surface area contributed by atoms with E-state index in [1.807, 2.05) is 24.3 Å². The normalized spacial score (nSPS) is 10.8. The number of aromatic nitrogens is 2. The number of hydrazone groups is 1. The second-order valence-corrected chi connectivity index (χ2v) is 6.40. The third kappa shape index (κ3) is 4.53. The van der Waals surface area contributed by atoms with Crippen LogP contribution in [-0.4, -0.2) is 36.5 Å². The van der Waals surface area contributed by atoms with E-state index >= 15 is 0 Å². The lowest BCUT2D eigenvalue weighted by Crippen LogP contribution is -2.17. The first kappa shape index (κ1) is 18.7. The SMILES string of the molecule is COc1ccc(OC)c(-c2cc(C(=O)NN=Cc3cccc(Br)c3)[nH]n2)c1. The number of rotatable bonds is 6. The number of nitrogens with one attached hydrogen (secondary N) is 2. The van der Waals surface area contributed by atoms with Crippen LogP contribution in [-0.2, 0) is 0 Å². The molecule has 0 aliphatic heterocycles. The fourth-order valence-corrected chi connectivity index (χ4v) is 2.82. The van der Waals surface area contributed by atoms with Crippen LogP contribution in [0.4, 0.5) is 0 Å². The average molecular weight is 429 g/mol. The summed E-state index contributed by atoms with van der Waals surface area (Å²) >= 11 is 3.39. The molecule has 0 saturated heterocycles. The van der Waals surface area contributed by atoms with Gasteiger partial charge in [0, 0.05) is 10.0 Å². The number of hydrogen-bond acceptors (Lipinski definition) is 5. The highest BCUT2D eigenvalue weighted by molar-refractivity contribution is 9.10. The zero-order chi connectivity index (χ0) is 19.2. The van der Waals surface area contributed by atoms with Gasteiger partial charge in [0.05, 0.1) is 26.1 Å². The van der Waals surface area contributed by atoms with Crippen LogP contribution >= 0.6 is 15.9 Å². The number of ether oxygens (including phenoxy) is 2. The Morgan fingerprint density at radius 3 is 2.78 bits per heavy atom. The molecule has 0 spiro atoms. The maximum Gasteiger partial charge on any atom is 0.289 e. The zero-order valence-corrected chi connectivity index (χ0v) is 16.3. The van der Waals surface area contributed by atoms with Gasteiger partial charge >= 0.3 is 0 Å². The third-order valence-corrected chi connectivity index (χ3v) is 4.23. The van der Waals surface area contributed by atoms with Gasteiger partial charge in [0.1, 0.15) is 17.2 Å². The van der Waals surface area contributed by atoms with Gasteiger partial charge in [-0.25, -0.2) is 5.43 Å². The second kappa shape index (κ2) is 8.50. The van der Waals surface area contributed by atoms with E-state index in [1.54, 1.807) is 44.7 Å². The quantitative estimate of drug-likeness (QED) is 0.463. The number of aromatic amines is 1. The van der Waals surface area contributed by atoms with E-state index in [9.17, 15) is 4.79 Å². The summed E-state index contributed by atoms with van der Waals surface area (Å²) in [6.45, 7) is 0. The molecule has 8 heteroatoms. The van der Waals surface area contributed by atoms with Crippen molar-refractivity contribution < 1.29 is 14.3 Å². The first-order chi connectivity index (χ1) is 13.1. The number of H-pyrrole nitrogens is 1. The Kier molecular flexibility index (Phi) is 5.87. The highest BCUT2D eigenvalue weighted by atomic mass is 79.9. The molecule has 0 unspecified atom stereocenters. The number of methoxy groups -OCH3 is 2.